The third-order valence-corrected chi connectivity index (χ3v) is 3.48. The molecule has 0 heterocycles. The van der Waals surface area contributed by atoms with Gasteiger partial charge in [-0.3, -0.25) is 0 Å². The van der Waals surface area contributed by atoms with Gasteiger partial charge in [-0.05, 0) is 46.3 Å². The highest BCUT2D eigenvalue weighted by atomic mass is 79.9. The van der Waals surface area contributed by atoms with E-state index in [0.717, 1.165) is 5.56 Å². The standard InChI is InChI=1S/C15H13BrFNO2S/c16-13-9-11(17)4-5-14(13)20-7-6-19-12-3-1-2-10(8-12)15(18)21/h1-5,8-9H,6-7H2,(H2,18,21). The highest BCUT2D eigenvalue weighted by Gasteiger charge is 2.03. The van der Waals surface area contributed by atoms with Crippen molar-refractivity contribution in [3.63, 3.8) is 0 Å². The molecule has 0 atom stereocenters. The Kier molecular flexibility index (Phi) is 5.52. The molecule has 0 fully saturated rings. The first-order chi connectivity index (χ1) is 10.1. The number of halogens is 2. The van der Waals surface area contributed by atoms with Gasteiger partial charge in [0.05, 0.1) is 4.47 Å². The fourth-order valence-electron chi connectivity index (χ4n) is 1.64. The van der Waals surface area contributed by atoms with Crippen LogP contribution in [0.1, 0.15) is 5.56 Å². The van der Waals surface area contributed by atoms with E-state index in [9.17, 15) is 4.39 Å². The van der Waals surface area contributed by atoms with Gasteiger partial charge in [0, 0.05) is 5.56 Å². The van der Waals surface area contributed by atoms with Gasteiger partial charge in [-0.15, -0.1) is 0 Å². The van der Waals surface area contributed by atoms with E-state index in [-0.39, 0.29) is 5.82 Å². The van der Waals surface area contributed by atoms with Crippen LogP contribution >= 0.6 is 28.1 Å². The SMILES string of the molecule is NC(=S)c1cccc(OCCOc2ccc(F)cc2Br)c1. The third-order valence-electron chi connectivity index (χ3n) is 2.62. The van der Waals surface area contributed by atoms with E-state index in [1.54, 1.807) is 12.1 Å². The zero-order valence-electron chi connectivity index (χ0n) is 11.0. The maximum Gasteiger partial charge on any atom is 0.133 e. The lowest BCUT2D eigenvalue weighted by Crippen LogP contribution is -2.11. The topological polar surface area (TPSA) is 44.5 Å². The van der Waals surface area contributed by atoms with Crippen molar-refractivity contribution in [2.24, 2.45) is 5.73 Å². The smallest absolute Gasteiger partial charge is 0.133 e. The van der Waals surface area contributed by atoms with Gasteiger partial charge in [0.2, 0.25) is 0 Å². The molecule has 6 heteroatoms. The molecule has 0 bridgehead atoms. The highest BCUT2D eigenvalue weighted by molar-refractivity contribution is 9.10. The van der Waals surface area contributed by atoms with Crippen molar-refractivity contribution in [1.29, 1.82) is 0 Å². The van der Waals surface area contributed by atoms with Gasteiger partial charge in [0.1, 0.15) is 35.5 Å². The Hall–Kier alpha value is -1.66. The molecule has 2 N–H and O–H groups in total. The van der Waals surface area contributed by atoms with Crippen LogP contribution in [0.3, 0.4) is 0 Å². The van der Waals surface area contributed by atoms with Crippen LogP contribution in [0.4, 0.5) is 4.39 Å². The van der Waals surface area contributed by atoms with Crippen LogP contribution in [0, 0.1) is 5.82 Å². The second-order valence-electron chi connectivity index (χ2n) is 4.16. The number of hydrogen-bond donors (Lipinski definition) is 1. The number of thiocarbonyl (C=S) groups is 1. The predicted molar refractivity (Wildman–Crippen MR) is 87.4 cm³/mol. The van der Waals surface area contributed by atoms with Crippen LogP contribution in [0.25, 0.3) is 0 Å². The Morgan fingerprint density at radius 3 is 2.62 bits per heavy atom. The molecule has 0 aliphatic rings. The van der Waals surface area contributed by atoms with E-state index in [1.807, 2.05) is 18.2 Å². The van der Waals surface area contributed by atoms with Crippen LogP contribution in [-0.4, -0.2) is 18.2 Å². The lowest BCUT2D eigenvalue weighted by Gasteiger charge is -2.10. The second-order valence-corrected chi connectivity index (χ2v) is 5.46. The maximum absolute atomic E-state index is 12.9. The summed E-state index contributed by atoms with van der Waals surface area (Å²) in [5.41, 5.74) is 6.31. The summed E-state index contributed by atoms with van der Waals surface area (Å²) in [6.07, 6.45) is 0. The molecule has 0 saturated carbocycles. The van der Waals surface area contributed by atoms with E-state index in [1.165, 1.54) is 12.1 Å². The Balaban J connectivity index is 1.84. The summed E-state index contributed by atoms with van der Waals surface area (Å²) in [5, 5.41) is 0. The molecule has 0 spiro atoms. The summed E-state index contributed by atoms with van der Waals surface area (Å²) in [6, 6.07) is 11.5. The lowest BCUT2D eigenvalue weighted by atomic mass is 10.2. The zero-order valence-corrected chi connectivity index (χ0v) is 13.4. The van der Waals surface area contributed by atoms with Crippen molar-refractivity contribution in [3.8, 4) is 11.5 Å². The predicted octanol–water partition coefficient (Wildman–Crippen LogP) is 3.68. The molecule has 3 nitrogen and oxygen atoms in total. The molecule has 21 heavy (non-hydrogen) atoms. The van der Waals surface area contributed by atoms with Crippen LogP contribution in [0.5, 0.6) is 11.5 Å². The summed E-state index contributed by atoms with van der Waals surface area (Å²) >= 11 is 8.14. The average Bonchev–Trinajstić information content (AvgIpc) is 2.45. The number of rotatable bonds is 6. The van der Waals surface area contributed by atoms with Crippen molar-refractivity contribution in [1.82, 2.24) is 0 Å². The highest BCUT2D eigenvalue weighted by Crippen LogP contribution is 2.25. The number of ether oxygens (including phenoxy) is 2. The van der Waals surface area contributed by atoms with Crippen molar-refractivity contribution >= 4 is 33.1 Å². The molecule has 2 rings (SSSR count). The first-order valence-corrected chi connectivity index (χ1v) is 7.37. The van der Waals surface area contributed by atoms with E-state index >= 15 is 0 Å². The van der Waals surface area contributed by atoms with E-state index in [0.29, 0.717) is 34.2 Å². The summed E-state index contributed by atoms with van der Waals surface area (Å²) in [5.74, 6) is 0.916. The largest absolute Gasteiger partial charge is 0.490 e. The summed E-state index contributed by atoms with van der Waals surface area (Å²) < 4.78 is 24.6. The first-order valence-electron chi connectivity index (χ1n) is 6.17. The van der Waals surface area contributed by atoms with E-state index in [2.05, 4.69) is 15.9 Å². The van der Waals surface area contributed by atoms with Crippen molar-refractivity contribution in [2.45, 2.75) is 0 Å². The minimum Gasteiger partial charge on any atom is -0.490 e. The second kappa shape index (κ2) is 7.38. The number of nitrogens with two attached hydrogens (primary N) is 1. The molecule has 110 valence electrons. The van der Waals surface area contributed by atoms with Gasteiger partial charge in [0.15, 0.2) is 0 Å². The van der Waals surface area contributed by atoms with Gasteiger partial charge in [-0.1, -0.05) is 24.4 Å². The molecular weight excluding hydrogens is 357 g/mol. The summed E-state index contributed by atoms with van der Waals surface area (Å²) in [6.45, 7) is 0.687. The minimum atomic E-state index is -0.319. The monoisotopic (exact) mass is 369 g/mol. The van der Waals surface area contributed by atoms with Crippen LogP contribution in [0.2, 0.25) is 0 Å². The van der Waals surface area contributed by atoms with Crippen molar-refractivity contribution in [3.05, 3.63) is 58.3 Å². The Morgan fingerprint density at radius 1 is 1.14 bits per heavy atom. The number of benzene rings is 2. The third kappa shape index (κ3) is 4.68. The molecule has 0 aromatic heterocycles. The maximum atomic E-state index is 12.9. The quantitative estimate of drug-likeness (QED) is 0.623. The van der Waals surface area contributed by atoms with Gasteiger partial charge >= 0.3 is 0 Å². The number of hydrogen-bond acceptors (Lipinski definition) is 3. The van der Waals surface area contributed by atoms with Gasteiger partial charge in [-0.25, -0.2) is 4.39 Å². The molecule has 0 aliphatic carbocycles. The molecular formula is C15H13BrFNO2S. The van der Waals surface area contributed by atoms with Gasteiger partial charge in [-0.2, -0.15) is 0 Å². The van der Waals surface area contributed by atoms with Crippen LogP contribution < -0.4 is 15.2 Å². The van der Waals surface area contributed by atoms with Crippen LogP contribution in [0.15, 0.2) is 46.9 Å². The zero-order chi connectivity index (χ0) is 15.2. The van der Waals surface area contributed by atoms with E-state index < -0.39 is 0 Å². The Labute approximate surface area is 136 Å². The molecule has 0 amide bonds. The Bertz CT molecular complexity index is 651. The lowest BCUT2D eigenvalue weighted by molar-refractivity contribution is 0.216. The summed E-state index contributed by atoms with van der Waals surface area (Å²) in [7, 11) is 0. The molecule has 2 aromatic carbocycles. The molecule has 0 saturated heterocycles. The van der Waals surface area contributed by atoms with E-state index in [4.69, 9.17) is 27.4 Å². The van der Waals surface area contributed by atoms with Crippen LogP contribution in [-0.2, 0) is 0 Å². The normalized spacial score (nSPS) is 10.2. The molecule has 0 unspecified atom stereocenters. The molecule has 0 aliphatic heterocycles. The minimum absolute atomic E-state index is 0.319. The molecule has 0 radical (unpaired) electrons. The Morgan fingerprint density at radius 2 is 1.90 bits per heavy atom. The first kappa shape index (κ1) is 15.7. The van der Waals surface area contributed by atoms with Gasteiger partial charge < -0.3 is 15.2 Å². The fourth-order valence-corrected chi connectivity index (χ4v) is 2.23. The average molecular weight is 370 g/mol. The van der Waals surface area contributed by atoms with Crippen molar-refractivity contribution < 1.29 is 13.9 Å². The molecule has 2 aromatic rings. The summed E-state index contributed by atoms with van der Waals surface area (Å²) in [4.78, 5) is 0.326. The van der Waals surface area contributed by atoms with Crippen molar-refractivity contribution in [2.75, 3.05) is 13.2 Å². The van der Waals surface area contributed by atoms with Gasteiger partial charge in [0.25, 0.3) is 0 Å². The fraction of sp³-hybridized carbons (Fsp3) is 0.133.